The van der Waals surface area contributed by atoms with Gasteiger partial charge in [-0.1, -0.05) is 25.4 Å². The Morgan fingerprint density at radius 3 is 2.74 bits per heavy atom. The zero-order valence-corrected chi connectivity index (χ0v) is 13.2. The fourth-order valence-electron chi connectivity index (χ4n) is 2.49. The molecule has 1 N–H and O–H groups in total. The van der Waals surface area contributed by atoms with Gasteiger partial charge in [0, 0.05) is 6.54 Å². The maximum Gasteiger partial charge on any atom is 0.0834 e. The molecule has 0 radical (unpaired) electrons. The first kappa shape index (κ1) is 14.8. The highest BCUT2D eigenvalue weighted by Gasteiger charge is 2.47. The SMILES string of the molecule is CCNC(c1c(Cl)cnn1CCN(C)C)C1(C)CC1. The van der Waals surface area contributed by atoms with Gasteiger partial charge in [-0.2, -0.15) is 5.10 Å². The Hall–Kier alpha value is -0.580. The van der Waals surface area contributed by atoms with Gasteiger partial charge in [-0.15, -0.1) is 0 Å². The molecule has 0 spiro atoms. The quantitative estimate of drug-likeness (QED) is 0.835. The highest BCUT2D eigenvalue weighted by Crippen LogP contribution is 2.55. The lowest BCUT2D eigenvalue weighted by Crippen LogP contribution is -2.31. The van der Waals surface area contributed by atoms with Gasteiger partial charge in [0.05, 0.1) is 29.5 Å². The monoisotopic (exact) mass is 284 g/mol. The smallest absolute Gasteiger partial charge is 0.0834 e. The van der Waals surface area contributed by atoms with Crippen LogP contribution in [-0.4, -0.2) is 41.9 Å². The average molecular weight is 285 g/mol. The summed E-state index contributed by atoms with van der Waals surface area (Å²) in [6, 6.07) is 0.315. The number of halogens is 1. The van der Waals surface area contributed by atoms with Crippen molar-refractivity contribution in [3.05, 3.63) is 16.9 Å². The van der Waals surface area contributed by atoms with E-state index in [1.54, 1.807) is 6.20 Å². The average Bonchev–Trinajstić information content (AvgIpc) is 2.99. The third-order valence-electron chi connectivity index (χ3n) is 4.01. The number of nitrogens with zero attached hydrogens (tertiary/aromatic N) is 3. The number of hydrogen-bond acceptors (Lipinski definition) is 3. The van der Waals surface area contributed by atoms with E-state index in [0.717, 1.165) is 30.4 Å². The maximum absolute atomic E-state index is 6.39. The van der Waals surface area contributed by atoms with Crippen molar-refractivity contribution in [2.45, 2.75) is 39.3 Å². The van der Waals surface area contributed by atoms with Crippen LogP contribution >= 0.6 is 11.6 Å². The van der Waals surface area contributed by atoms with Crippen molar-refractivity contribution < 1.29 is 0 Å². The van der Waals surface area contributed by atoms with Crippen molar-refractivity contribution in [3.63, 3.8) is 0 Å². The molecule has 1 aliphatic rings. The molecule has 19 heavy (non-hydrogen) atoms. The molecule has 1 atom stereocenters. The molecule has 2 rings (SSSR count). The standard InChI is InChI=1S/C14H25ClN4/c1-5-16-13(14(2)6-7-14)12-11(15)10-17-19(12)9-8-18(3)4/h10,13,16H,5-9H2,1-4H3. The zero-order valence-electron chi connectivity index (χ0n) is 12.4. The molecule has 4 nitrogen and oxygen atoms in total. The lowest BCUT2D eigenvalue weighted by molar-refractivity contribution is 0.327. The van der Waals surface area contributed by atoms with Crippen molar-refractivity contribution in [2.24, 2.45) is 5.41 Å². The van der Waals surface area contributed by atoms with Gasteiger partial charge in [0.1, 0.15) is 0 Å². The topological polar surface area (TPSA) is 33.1 Å². The maximum atomic E-state index is 6.39. The van der Waals surface area contributed by atoms with Crippen molar-refractivity contribution in [1.82, 2.24) is 20.0 Å². The van der Waals surface area contributed by atoms with E-state index in [0.29, 0.717) is 11.5 Å². The summed E-state index contributed by atoms with van der Waals surface area (Å²) in [6.07, 6.45) is 4.31. The van der Waals surface area contributed by atoms with Crippen molar-refractivity contribution >= 4 is 11.6 Å². The van der Waals surface area contributed by atoms with Crippen LogP contribution in [0.1, 0.15) is 38.4 Å². The minimum absolute atomic E-state index is 0.315. The van der Waals surface area contributed by atoms with Crippen LogP contribution in [0.5, 0.6) is 0 Å². The summed E-state index contributed by atoms with van der Waals surface area (Å²) in [4.78, 5) is 2.17. The molecule has 0 saturated heterocycles. The molecule has 0 aromatic carbocycles. The molecule has 5 heteroatoms. The van der Waals surface area contributed by atoms with Crippen LogP contribution in [0.4, 0.5) is 0 Å². The molecule has 1 aliphatic carbocycles. The number of hydrogen-bond donors (Lipinski definition) is 1. The van der Waals surface area contributed by atoms with E-state index in [4.69, 9.17) is 11.6 Å². The Morgan fingerprint density at radius 1 is 1.53 bits per heavy atom. The van der Waals surface area contributed by atoms with Crippen molar-refractivity contribution in [1.29, 1.82) is 0 Å². The summed E-state index contributed by atoms with van der Waals surface area (Å²) in [5.41, 5.74) is 1.50. The molecule has 0 aliphatic heterocycles. The predicted octanol–water partition coefficient (Wildman–Crippen LogP) is 2.55. The minimum Gasteiger partial charge on any atom is -0.308 e. The van der Waals surface area contributed by atoms with E-state index >= 15 is 0 Å². The molecule has 1 saturated carbocycles. The van der Waals surface area contributed by atoms with E-state index < -0.39 is 0 Å². The molecule has 1 aromatic heterocycles. The molecular weight excluding hydrogens is 260 g/mol. The Morgan fingerprint density at radius 2 is 2.21 bits per heavy atom. The molecular formula is C14H25ClN4. The summed E-state index contributed by atoms with van der Waals surface area (Å²) in [5.74, 6) is 0. The fraction of sp³-hybridized carbons (Fsp3) is 0.786. The van der Waals surface area contributed by atoms with Crippen LogP contribution in [-0.2, 0) is 6.54 Å². The molecule has 108 valence electrons. The van der Waals surface area contributed by atoms with Gasteiger partial charge in [0.15, 0.2) is 0 Å². The Labute approximate surface area is 121 Å². The molecule has 1 aromatic rings. The van der Waals surface area contributed by atoms with Crippen LogP contribution in [0.15, 0.2) is 6.20 Å². The summed E-state index contributed by atoms with van der Waals surface area (Å²) < 4.78 is 2.07. The lowest BCUT2D eigenvalue weighted by Gasteiger charge is -2.26. The molecule has 1 fully saturated rings. The van der Waals surface area contributed by atoms with Gasteiger partial charge in [-0.25, -0.2) is 0 Å². The number of nitrogens with one attached hydrogen (secondary N) is 1. The van der Waals surface area contributed by atoms with Crippen molar-refractivity contribution in [2.75, 3.05) is 27.2 Å². The first-order chi connectivity index (χ1) is 8.98. The first-order valence-corrected chi connectivity index (χ1v) is 7.45. The van der Waals surface area contributed by atoms with E-state index in [1.165, 1.54) is 12.8 Å². The minimum atomic E-state index is 0.315. The van der Waals surface area contributed by atoms with Crippen LogP contribution in [0.2, 0.25) is 5.02 Å². The molecule has 0 amide bonds. The van der Waals surface area contributed by atoms with Gasteiger partial charge >= 0.3 is 0 Å². The lowest BCUT2D eigenvalue weighted by atomic mass is 9.95. The van der Waals surface area contributed by atoms with Gasteiger partial charge in [-0.05, 0) is 38.9 Å². The third-order valence-corrected chi connectivity index (χ3v) is 4.30. The molecule has 1 heterocycles. The molecule has 1 unspecified atom stereocenters. The highest BCUT2D eigenvalue weighted by molar-refractivity contribution is 6.31. The van der Waals surface area contributed by atoms with E-state index in [2.05, 4.69) is 47.9 Å². The summed E-state index contributed by atoms with van der Waals surface area (Å²) in [6.45, 7) is 7.29. The van der Waals surface area contributed by atoms with Crippen LogP contribution in [0, 0.1) is 5.41 Å². The number of aromatic nitrogens is 2. The van der Waals surface area contributed by atoms with Gasteiger partial charge in [-0.3, -0.25) is 4.68 Å². The third kappa shape index (κ3) is 3.30. The van der Waals surface area contributed by atoms with Gasteiger partial charge < -0.3 is 10.2 Å². The Balaban J connectivity index is 2.23. The van der Waals surface area contributed by atoms with E-state index in [1.807, 2.05) is 0 Å². The second kappa shape index (κ2) is 5.81. The van der Waals surface area contributed by atoms with Crippen molar-refractivity contribution in [3.8, 4) is 0 Å². The second-order valence-corrected chi connectivity index (χ2v) is 6.46. The number of rotatable bonds is 7. The van der Waals surface area contributed by atoms with E-state index in [9.17, 15) is 0 Å². The van der Waals surface area contributed by atoms with Crippen LogP contribution in [0.25, 0.3) is 0 Å². The predicted molar refractivity (Wildman–Crippen MR) is 79.5 cm³/mol. The Kier molecular flexibility index (Phi) is 4.54. The van der Waals surface area contributed by atoms with Gasteiger partial charge in [0.25, 0.3) is 0 Å². The normalized spacial score (nSPS) is 18.8. The fourth-order valence-corrected chi connectivity index (χ4v) is 2.75. The Bertz CT molecular complexity index is 423. The number of likely N-dealkylation sites (N-methyl/N-ethyl adjacent to an activating group) is 1. The van der Waals surface area contributed by atoms with Crippen LogP contribution < -0.4 is 5.32 Å². The molecule has 0 bridgehead atoms. The largest absolute Gasteiger partial charge is 0.308 e. The summed E-state index contributed by atoms with van der Waals surface area (Å²) >= 11 is 6.39. The van der Waals surface area contributed by atoms with Crippen LogP contribution in [0.3, 0.4) is 0 Å². The summed E-state index contributed by atoms with van der Waals surface area (Å²) in [5, 5.41) is 8.84. The second-order valence-electron chi connectivity index (χ2n) is 6.05. The highest BCUT2D eigenvalue weighted by atomic mass is 35.5. The van der Waals surface area contributed by atoms with E-state index in [-0.39, 0.29) is 0 Å². The van der Waals surface area contributed by atoms with Gasteiger partial charge in [0.2, 0.25) is 0 Å². The first-order valence-electron chi connectivity index (χ1n) is 7.07. The zero-order chi connectivity index (χ0) is 14.0. The summed E-state index contributed by atoms with van der Waals surface area (Å²) in [7, 11) is 4.16.